The van der Waals surface area contributed by atoms with Gasteiger partial charge in [0.2, 0.25) is 5.91 Å². The van der Waals surface area contributed by atoms with Crippen molar-refractivity contribution in [3.63, 3.8) is 0 Å². The van der Waals surface area contributed by atoms with Gasteiger partial charge in [0.05, 0.1) is 6.61 Å². The predicted octanol–water partition coefficient (Wildman–Crippen LogP) is 2.89. The van der Waals surface area contributed by atoms with Gasteiger partial charge in [0, 0.05) is 13.0 Å². The summed E-state index contributed by atoms with van der Waals surface area (Å²) >= 11 is 0. The first-order valence-electron chi connectivity index (χ1n) is 7.53. The predicted molar refractivity (Wildman–Crippen MR) is 77.3 cm³/mol. The zero-order valence-electron chi connectivity index (χ0n) is 13.1. The second kappa shape index (κ2) is 12.6. The van der Waals surface area contributed by atoms with E-state index in [0.29, 0.717) is 19.4 Å². The van der Waals surface area contributed by atoms with E-state index in [1.165, 1.54) is 19.3 Å². The summed E-state index contributed by atoms with van der Waals surface area (Å²) in [6.45, 7) is 4.85. The molecule has 5 nitrogen and oxygen atoms in total. The van der Waals surface area contributed by atoms with Crippen LogP contribution in [0.5, 0.6) is 0 Å². The standard InChI is InChI=1S/C13H28NO4P/c1-12(2)8-5-3-4-6-9-13(15)14-10-7-11-18-19(16)17/h12,19H,3-11H2,1-2H3,(H,14,15)(H,16,17)/i19T. The number of carbonyl (C=O) groups is 1. The maximum absolute atomic E-state index is 11.5. The van der Waals surface area contributed by atoms with E-state index in [4.69, 9.17) is 6.17 Å². The van der Waals surface area contributed by atoms with Gasteiger partial charge in [-0.1, -0.05) is 39.5 Å². The fourth-order valence-corrected chi connectivity index (χ4v) is 2.01. The van der Waals surface area contributed by atoms with Crippen molar-refractivity contribution in [1.29, 1.82) is 1.28 Å². The van der Waals surface area contributed by atoms with E-state index in [1.54, 1.807) is 0 Å². The van der Waals surface area contributed by atoms with E-state index in [2.05, 4.69) is 23.7 Å². The van der Waals surface area contributed by atoms with E-state index >= 15 is 0 Å². The average molecular weight is 295 g/mol. The van der Waals surface area contributed by atoms with Crippen LogP contribution in [-0.2, 0) is 13.9 Å². The van der Waals surface area contributed by atoms with Gasteiger partial charge in [0.25, 0.3) is 0 Å². The Balaban J connectivity index is 3.31. The maximum atomic E-state index is 11.5. The van der Waals surface area contributed by atoms with E-state index in [9.17, 15) is 9.36 Å². The lowest BCUT2D eigenvalue weighted by molar-refractivity contribution is -0.121. The van der Waals surface area contributed by atoms with Crippen molar-refractivity contribution in [3.05, 3.63) is 0 Å². The molecule has 0 radical (unpaired) electrons. The van der Waals surface area contributed by atoms with Crippen molar-refractivity contribution < 1.29 is 18.8 Å². The van der Waals surface area contributed by atoms with Gasteiger partial charge in [-0.3, -0.25) is 9.36 Å². The Bertz CT molecular complexity index is 307. The topological polar surface area (TPSA) is 75.6 Å². The maximum Gasteiger partial charge on any atom is 0.316 e. The van der Waals surface area contributed by atoms with Gasteiger partial charge in [-0.2, -0.15) is 0 Å². The Morgan fingerprint density at radius 1 is 1.32 bits per heavy atom. The van der Waals surface area contributed by atoms with Crippen molar-refractivity contribution in [1.82, 2.24) is 5.32 Å². The van der Waals surface area contributed by atoms with Crippen molar-refractivity contribution in [2.45, 2.75) is 58.8 Å². The minimum absolute atomic E-state index is 0.00640. The molecular weight excluding hydrogens is 265 g/mol. The van der Waals surface area contributed by atoms with Crippen LogP contribution in [0.25, 0.3) is 0 Å². The lowest BCUT2D eigenvalue weighted by atomic mass is 10.0. The van der Waals surface area contributed by atoms with Crippen LogP contribution < -0.4 is 5.32 Å². The highest BCUT2D eigenvalue weighted by Crippen LogP contribution is 2.13. The number of carbonyl (C=O) groups excluding carboxylic acids is 1. The molecule has 0 fully saturated rings. The molecule has 0 aliphatic rings. The zero-order valence-corrected chi connectivity index (χ0v) is 13.0. The molecule has 1 unspecified atom stereocenters. The molecule has 0 aromatic carbocycles. The van der Waals surface area contributed by atoms with Crippen LogP contribution in [0.15, 0.2) is 0 Å². The highest BCUT2D eigenvalue weighted by molar-refractivity contribution is 7.32. The first-order valence-corrected chi connectivity index (χ1v) is 8.21. The van der Waals surface area contributed by atoms with Crippen molar-refractivity contribution in [2.24, 2.45) is 5.92 Å². The minimum atomic E-state index is -4.13. The summed E-state index contributed by atoms with van der Waals surface area (Å²) in [5.74, 6) is 0.755. The van der Waals surface area contributed by atoms with Crippen molar-refractivity contribution in [3.8, 4) is 0 Å². The zero-order chi connectivity index (χ0) is 15.4. The fraction of sp³-hybridized carbons (Fsp3) is 0.923. The molecule has 0 aliphatic carbocycles. The Morgan fingerprint density at radius 3 is 2.63 bits per heavy atom. The van der Waals surface area contributed by atoms with Gasteiger partial charge in [0.15, 0.2) is 1.28 Å². The van der Waals surface area contributed by atoms with Crippen LogP contribution in [0.3, 0.4) is 0 Å². The number of hydrogen-bond acceptors (Lipinski definition) is 3. The van der Waals surface area contributed by atoms with Gasteiger partial charge < -0.3 is 14.7 Å². The van der Waals surface area contributed by atoms with Crippen LogP contribution in [0.2, 0.25) is 0 Å². The van der Waals surface area contributed by atoms with Crippen LogP contribution in [0, 0.1) is 5.92 Å². The van der Waals surface area contributed by atoms with Crippen LogP contribution in [-0.4, -0.2) is 25.2 Å². The molecule has 0 aliphatic heterocycles. The molecule has 0 bridgehead atoms. The molecule has 114 valence electrons. The number of hydrogen-bond donors (Lipinski definition) is 2. The first kappa shape index (κ1) is 16.7. The lowest BCUT2D eigenvalue weighted by Crippen LogP contribution is -2.24. The van der Waals surface area contributed by atoms with Gasteiger partial charge in [-0.05, 0) is 18.8 Å². The third-order valence-electron chi connectivity index (χ3n) is 2.78. The third-order valence-corrected chi connectivity index (χ3v) is 3.18. The van der Waals surface area contributed by atoms with E-state index < -0.39 is 8.20 Å². The van der Waals surface area contributed by atoms with Crippen LogP contribution in [0.1, 0.15) is 58.8 Å². The van der Waals surface area contributed by atoms with Crippen molar-refractivity contribution in [2.75, 3.05) is 13.2 Å². The Labute approximate surface area is 118 Å². The summed E-state index contributed by atoms with van der Waals surface area (Å²) in [5.41, 5.74) is 0. The smallest absolute Gasteiger partial charge is 0.316 e. The minimum Gasteiger partial charge on any atom is -0.356 e. The summed E-state index contributed by atoms with van der Waals surface area (Å²) in [4.78, 5) is 20.0. The summed E-state index contributed by atoms with van der Waals surface area (Å²) in [6.07, 6.45) is 6.59. The molecule has 2 N–H and O–H groups in total. The quantitative estimate of drug-likeness (QED) is 0.429. The lowest BCUT2D eigenvalue weighted by Gasteiger charge is -2.06. The second-order valence-corrected chi connectivity index (χ2v) is 5.86. The van der Waals surface area contributed by atoms with Crippen LogP contribution in [0.4, 0.5) is 0 Å². The number of unbranched alkanes of at least 4 members (excludes halogenated alkanes) is 3. The largest absolute Gasteiger partial charge is 0.356 e. The molecule has 0 spiro atoms. The molecule has 19 heavy (non-hydrogen) atoms. The second-order valence-electron chi connectivity index (χ2n) is 5.12. The molecule has 0 aromatic heterocycles. The molecule has 1 amide bonds. The highest BCUT2D eigenvalue weighted by Gasteiger charge is 2.01. The van der Waals surface area contributed by atoms with Gasteiger partial charge in [0.1, 0.15) is 0 Å². The SMILES string of the molecule is [3H]P(=O)(O)OCCCNC(=O)CCCCCCC(C)C. The number of nitrogens with one attached hydrogen (secondary N) is 1. The van der Waals surface area contributed by atoms with E-state index in [0.717, 1.165) is 18.8 Å². The van der Waals surface area contributed by atoms with Gasteiger partial charge in [-0.15, -0.1) is 0 Å². The molecule has 0 heterocycles. The molecule has 0 rings (SSSR count). The molecule has 0 aromatic rings. The number of amides is 1. The summed E-state index contributed by atoms with van der Waals surface area (Å²) in [7, 11) is -4.13. The number of rotatable bonds is 12. The normalized spacial score (nSPS) is 15.1. The highest BCUT2D eigenvalue weighted by atomic mass is 31.1. The van der Waals surface area contributed by atoms with E-state index in [1.807, 2.05) is 0 Å². The monoisotopic (exact) mass is 295 g/mol. The molecule has 1 atom stereocenters. The molecule has 0 saturated heterocycles. The summed E-state index contributed by atoms with van der Waals surface area (Å²) in [5, 5.41) is 2.73. The van der Waals surface area contributed by atoms with Gasteiger partial charge >= 0.3 is 8.20 Å². The van der Waals surface area contributed by atoms with Gasteiger partial charge in [-0.25, -0.2) is 0 Å². The molecular formula is C13H28NO4P. The Hall–Kier alpha value is -0.380. The first-order chi connectivity index (χ1) is 9.31. The average Bonchev–Trinajstić information content (AvgIpc) is 2.31. The third kappa shape index (κ3) is 15.6. The molecule has 6 heteroatoms. The molecule has 0 saturated carbocycles. The summed E-state index contributed by atoms with van der Waals surface area (Å²) < 4.78 is 21.5. The Morgan fingerprint density at radius 2 is 2.00 bits per heavy atom. The fourth-order valence-electron chi connectivity index (χ4n) is 1.72. The van der Waals surface area contributed by atoms with Crippen LogP contribution >= 0.6 is 8.20 Å². The Kier molecular flexibility index (Phi) is 11.1. The van der Waals surface area contributed by atoms with E-state index in [-0.39, 0.29) is 12.5 Å². The van der Waals surface area contributed by atoms with Crippen molar-refractivity contribution >= 4 is 14.1 Å². The summed E-state index contributed by atoms with van der Waals surface area (Å²) in [6, 6.07) is 0.